The molecule has 0 atom stereocenters. The summed E-state index contributed by atoms with van der Waals surface area (Å²) in [5.74, 6) is 1.38. The first-order valence-electron chi connectivity index (χ1n) is 6.10. The first-order chi connectivity index (χ1) is 8.22. The SMILES string of the molecule is CSCCCN1CCc2cc(C(C)=O)ccc21. The van der Waals surface area contributed by atoms with Gasteiger partial charge in [0.2, 0.25) is 0 Å². The number of hydrogen-bond acceptors (Lipinski definition) is 3. The lowest BCUT2D eigenvalue weighted by molar-refractivity contribution is 0.101. The Bertz CT molecular complexity index is 417. The fraction of sp³-hybridized carbons (Fsp3) is 0.500. The predicted molar refractivity (Wildman–Crippen MR) is 75.4 cm³/mol. The lowest BCUT2D eigenvalue weighted by atomic mass is 10.1. The fourth-order valence-electron chi connectivity index (χ4n) is 2.32. The van der Waals surface area contributed by atoms with E-state index >= 15 is 0 Å². The van der Waals surface area contributed by atoms with Gasteiger partial charge in [-0.3, -0.25) is 4.79 Å². The highest BCUT2D eigenvalue weighted by molar-refractivity contribution is 7.98. The van der Waals surface area contributed by atoms with Crippen molar-refractivity contribution in [1.82, 2.24) is 0 Å². The van der Waals surface area contributed by atoms with E-state index < -0.39 is 0 Å². The molecule has 0 radical (unpaired) electrons. The number of Topliss-reactive ketones (excluding diaryl/α,β-unsaturated/α-hetero) is 1. The molecule has 0 saturated heterocycles. The summed E-state index contributed by atoms with van der Waals surface area (Å²) in [6.07, 6.45) is 4.46. The molecule has 0 aromatic heterocycles. The number of nitrogens with zero attached hydrogens (tertiary/aromatic N) is 1. The number of ketones is 1. The molecule has 2 nitrogen and oxygen atoms in total. The molecule has 1 aromatic rings. The fourth-order valence-corrected chi connectivity index (χ4v) is 2.74. The van der Waals surface area contributed by atoms with E-state index in [9.17, 15) is 4.79 Å². The van der Waals surface area contributed by atoms with Gasteiger partial charge in [0.05, 0.1) is 0 Å². The van der Waals surface area contributed by atoms with Gasteiger partial charge in [-0.05, 0) is 55.5 Å². The molecule has 0 unspecified atom stereocenters. The molecule has 17 heavy (non-hydrogen) atoms. The minimum atomic E-state index is 0.161. The molecule has 0 spiro atoms. The summed E-state index contributed by atoms with van der Waals surface area (Å²) in [6, 6.07) is 6.12. The van der Waals surface area contributed by atoms with Crippen molar-refractivity contribution in [3.63, 3.8) is 0 Å². The molecule has 0 fully saturated rings. The molecule has 0 aliphatic carbocycles. The molecular weight excluding hydrogens is 230 g/mol. The second kappa shape index (κ2) is 5.58. The summed E-state index contributed by atoms with van der Waals surface area (Å²) < 4.78 is 0. The third-order valence-corrected chi connectivity index (χ3v) is 3.95. The molecule has 1 aromatic carbocycles. The van der Waals surface area contributed by atoms with Crippen molar-refractivity contribution in [3.05, 3.63) is 29.3 Å². The third kappa shape index (κ3) is 2.83. The molecule has 2 rings (SSSR count). The average Bonchev–Trinajstić information content (AvgIpc) is 2.72. The van der Waals surface area contributed by atoms with Crippen molar-refractivity contribution in [3.8, 4) is 0 Å². The monoisotopic (exact) mass is 249 g/mol. The quantitative estimate of drug-likeness (QED) is 0.591. The summed E-state index contributed by atoms with van der Waals surface area (Å²) in [6.45, 7) is 3.87. The molecular formula is C14H19NOS. The van der Waals surface area contributed by atoms with Crippen LogP contribution in [0.5, 0.6) is 0 Å². The highest BCUT2D eigenvalue weighted by Gasteiger charge is 2.19. The Morgan fingerprint density at radius 3 is 3.00 bits per heavy atom. The number of rotatable bonds is 5. The maximum absolute atomic E-state index is 11.3. The van der Waals surface area contributed by atoms with Crippen LogP contribution in [0, 0.1) is 0 Å². The van der Waals surface area contributed by atoms with Gasteiger partial charge in [0, 0.05) is 24.3 Å². The summed E-state index contributed by atoms with van der Waals surface area (Å²) in [5, 5.41) is 0. The van der Waals surface area contributed by atoms with Crippen LogP contribution in [0.2, 0.25) is 0 Å². The second-order valence-corrected chi connectivity index (χ2v) is 5.47. The van der Waals surface area contributed by atoms with E-state index in [1.165, 1.54) is 23.4 Å². The van der Waals surface area contributed by atoms with Crippen molar-refractivity contribution in [2.24, 2.45) is 0 Å². The summed E-state index contributed by atoms with van der Waals surface area (Å²) in [7, 11) is 0. The Kier molecular flexibility index (Phi) is 4.11. The zero-order chi connectivity index (χ0) is 12.3. The van der Waals surface area contributed by atoms with Gasteiger partial charge in [0.1, 0.15) is 0 Å². The Morgan fingerprint density at radius 2 is 2.29 bits per heavy atom. The largest absolute Gasteiger partial charge is 0.371 e. The Labute approximate surface area is 107 Å². The van der Waals surface area contributed by atoms with Crippen molar-refractivity contribution in [2.75, 3.05) is 30.0 Å². The van der Waals surface area contributed by atoms with Gasteiger partial charge < -0.3 is 4.90 Å². The zero-order valence-corrected chi connectivity index (χ0v) is 11.3. The van der Waals surface area contributed by atoms with Gasteiger partial charge in [0.25, 0.3) is 0 Å². The number of carbonyl (C=O) groups excluding carboxylic acids is 1. The van der Waals surface area contributed by atoms with Crippen LogP contribution in [0.1, 0.15) is 29.3 Å². The number of anilines is 1. The number of fused-ring (bicyclic) bond motifs is 1. The van der Waals surface area contributed by atoms with Gasteiger partial charge in [-0.15, -0.1) is 0 Å². The molecule has 0 amide bonds. The number of benzene rings is 1. The summed E-state index contributed by atoms with van der Waals surface area (Å²) in [4.78, 5) is 13.8. The number of thioether (sulfide) groups is 1. The van der Waals surface area contributed by atoms with Crippen LogP contribution in [0.25, 0.3) is 0 Å². The Hall–Kier alpha value is -0.960. The lowest BCUT2D eigenvalue weighted by Gasteiger charge is -2.19. The lowest BCUT2D eigenvalue weighted by Crippen LogP contribution is -2.22. The van der Waals surface area contributed by atoms with E-state index in [-0.39, 0.29) is 5.78 Å². The smallest absolute Gasteiger partial charge is 0.159 e. The normalized spacial score (nSPS) is 13.9. The van der Waals surface area contributed by atoms with Gasteiger partial charge >= 0.3 is 0 Å². The topological polar surface area (TPSA) is 20.3 Å². The van der Waals surface area contributed by atoms with Crippen molar-refractivity contribution >= 4 is 23.2 Å². The van der Waals surface area contributed by atoms with Gasteiger partial charge in [-0.1, -0.05) is 0 Å². The highest BCUT2D eigenvalue weighted by Crippen LogP contribution is 2.29. The van der Waals surface area contributed by atoms with Crippen LogP contribution in [-0.2, 0) is 6.42 Å². The number of hydrogen-bond donors (Lipinski definition) is 0. The van der Waals surface area contributed by atoms with Crippen LogP contribution in [0.4, 0.5) is 5.69 Å². The van der Waals surface area contributed by atoms with Crippen molar-refractivity contribution in [1.29, 1.82) is 0 Å². The van der Waals surface area contributed by atoms with E-state index in [1.54, 1.807) is 6.92 Å². The van der Waals surface area contributed by atoms with E-state index in [1.807, 2.05) is 17.8 Å². The average molecular weight is 249 g/mol. The zero-order valence-electron chi connectivity index (χ0n) is 10.5. The highest BCUT2D eigenvalue weighted by atomic mass is 32.2. The minimum Gasteiger partial charge on any atom is -0.371 e. The molecule has 92 valence electrons. The predicted octanol–water partition coefficient (Wildman–Crippen LogP) is 3.00. The van der Waals surface area contributed by atoms with Crippen LogP contribution in [-0.4, -0.2) is 30.9 Å². The first-order valence-corrected chi connectivity index (χ1v) is 7.49. The maximum atomic E-state index is 11.3. The second-order valence-electron chi connectivity index (χ2n) is 4.48. The molecule has 0 saturated carbocycles. The summed E-state index contributed by atoms with van der Waals surface area (Å²) in [5.41, 5.74) is 3.51. The third-order valence-electron chi connectivity index (χ3n) is 3.25. The number of carbonyl (C=O) groups is 1. The van der Waals surface area contributed by atoms with E-state index in [4.69, 9.17) is 0 Å². The molecule has 1 aliphatic heterocycles. The van der Waals surface area contributed by atoms with Crippen molar-refractivity contribution < 1.29 is 4.79 Å². The summed E-state index contributed by atoms with van der Waals surface area (Å²) >= 11 is 1.90. The molecule has 0 N–H and O–H groups in total. The van der Waals surface area contributed by atoms with E-state index in [0.29, 0.717) is 0 Å². The minimum absolute atomic E-state index is 0.161. The van der Waals surface area contributed by atoms with Crippen LogP contribution < -0.4 is 4.90 Å². The van der Waals surface area contributed by atoms with Crippen LogP contribution >= 0.6 is 11.8 Å². The molecule has 3 heteroatoms. The van der Waals surface area contributed by atoms with E-state index in [2.05, 4.69) is 23.3 Å². The van der Waals surface area contributed by atoms with Crippen LogP contribution in [0.15, 0.2) is 18.2 Å². The molecule has 0 bridgehead atoms. The van der Waals surface area contributed by atoms with Gasteiger partial charge in [-0.2, -0.15) is 11.8 Å². The van der Waals surface area contributed by atoms with Crippen LogP contribution in [0.3, 0.4) is 0 Å². The standard InChI is InChI=1S/C14H19NOS/c1-11(16)12-4-5-14-13(10-12)6-8-15(14)7-3-9-17-2/h4-5,10H,3,6-9H2,1-2H3. The van der Waals surface area contributed by atoms with Crippen molar-refractivity contribution in [2.45, 2.75) is 19.8 Å². The Balaban J connectivity index is 2.08. The molecule has 1 aliphatic rings. The van der Waals surface area contributed by atoms with Gasteiger partial charge in [0.15, 0.2) is 5.78 Å². The van der Waals surface area contributed by atoms with E-state index in [0.717, 1.165) is 25.1 Å². The maximum Gasteiger partial charge on any atom is 0.159 e. The van der Waals surface area contributed by atoms with Gasteiger partial charge in [-0.25, -0.2) is 0 Å². The first kappa shape index (κ1) is 12.5. The Morgan fingerprint density at radius 1 is 1.47 bits per heavy atom. The molecule has 1 heterocycles.